The average Bonchev–Trinajstić information content (AvgIpc) is 3.25. The van der Waals surface area contributed by atoms with Crippen molar-refractivity contribution >= 4 is 26.8 Å². The van der Waals surface area contributed by atoms with Crippen LogP contribution in [-0.2, 0) is 16.6 Å². The van der Waals surface area contributed by atoms with E-state index >= 15 is 0 Å². The van der Waals surface area contributed by atoms with E-state index < -0.39 is 15.9 Å². The van der Waals surface area contributed by atoms with Gasteiger partial charge < -0.3 is 14.2 Å². The molecule has 2 aromatic carbocycles. The van der Waals surface area contributed by atoms with Crippen LogP contribution in [0.15, 0.2) is 42.5 Å². The van der Waals surface area contributed by atoms with Gasteiger partial charge in [0, 0.05) is 41.7 Å². The van der Waals surface area contributed by atoms with Crippen molar-refractivity contribution in [2.45, 2.75) is 57.0 Å². The molecule has 1 atom stereocenters. The minimum absolute atomic E-state index is 0.0826. The Hall–Kier alpha value is -2.88. The zero-order valence-corrected chi connectivity index (χ0v) is 24.4. The van der Waals surface area contributed by atoms with Crippen molar-refractivity contribution in [3.05, 3.63) is 53.6 Å². The topological polar surface area (TPSA) is 83.9 Å². The molecule has 0 unspecified atom stereocenters. The van der Waals surface area contributed by atoms with E-state index in [4.69, 9.17) is 4.74 Å². The predicted molar refractivity (Wildman–Crippen MR) is 158 cm³/mol. The van der Waals surface area contributed by atoms with Gasteiger partial charge in [0.1, 0.15) is 12.4 Å². The first-order valence-electron chi connectivity index (χ1n) is 14.6. The summed E-state index contributed by atoms with van der Waals surface area (Å²) in [5.41, 5.74) is 4.96. The maximum Gasteiger partial charge on any atom is 0.264 e. The Morgan fingerprint density at radius 2 is 1.75 bits per heavy atom. The Labute approximate surface area is 237 Å². The normalized spacial score (nSPS) is 23.4. The molecule has 1 aliphatic carbocycles. The third kappa shape index (κ3) is 5.39. The zero-order chi connectivity index (χ0) is 27.9. The van der Waals surface area contributed by atoms with Crippen molar-refractivity contribution < 1.29 is 17.9 Å². The summed E-state index contributed by atoms with van der Waals surface area (Å²) in [6.45, 7) is 3.57. The molecule has 3 aliphatic rings. The number of hydrogen-bond acceptors (Lipinski definition) is 6. The van der Waals surface area contributed by atoms with Gasteiger partial charge in [-0.2, -0.15) is 0 Å². The third-order valence-electron chi connectivity index (χ3n) is 9.00. The lowest BCUT2D eigenvalue weighted by molar-refractivity contribution is 0.0981. The lowest BCUT2D eigenvalue weighted by Gasteiger charge is -2.33. The van der Waals surface area contributed by atoms with Crippen molar-refractivity contribution in [1.82, 2.24) is 19.1 Å². The van der Waals surface area contributed by atoms with Crippen LogP contribution < -0.4 is 9.46 Å². The molecule has 3 aromatic rings. The molecule has 8 nitrogen and oxygen atoms in total. The Kier molecular flexibility index (Phi) is 7.63. The molecule has 4 bridgehead atoms. The minimum atomic E-state index is -3.73. The number of aromatic nitrogens is 1. The third-order valence-corrected chi connectivity index (χ3v) is 10.3. The van der Waals surface area contributed by atoms with Gasteiger partial charge in [-0.15, -0.1) is 0 Å². The highest BCUT2D eigenvalue weighted by atomic mass is 32.2. The summed E-state index contributed by atoms with van der Waals surface area (Å²) in [4.78, 5) is 17.8. The van der Waals surface area contributed by atoms with Gasteiger partial charge in [-0.05, 0) is 75.6 Å². The molecule has 1 fully saturated rings. The highest BCUT2D eigenvalue weighted by Gasteiger charge is 2.32. The van der Waals surface area contributed by atoms with Crippen LogP contribution in [0.25, 0.3) is 22.2 Å². The van der Waals surface area contributed by atoms with Crippen molar-refractivity contribution in [3.8, 4) is 17.0 Å². The molecule has 6 rings (SSSR count). The molecule has 0 spiro atoms. The van der Waals surface area contributed by atoms with Crippen molar-refractivity contribution in [2.75, 3.05) is 46.1 Å². The SMILES string of the molecule is CN1CCCS(=O)(=O)NC(=O)c2ccc3c(C4CCCCC4)c4n(c3c2)C[C@H](COc2ccccc2-4)N(C)CC1. The number of benzene rings is 2. The van der Waals surface area contributed by atoms with E-state index in [0.717, 1.165) is 54.7 Å². The minimum Gasteiger partial charge on any atom is -0.491 e. The van der Waals surface area contributed by atoms with E-state index in [2.05, 4.69) is 44.3 Å². The van der Waals surface area contributed by atoms with Crippen LogP contribution in [-0.4, -0.2) is 80.8 Å². The number of amides is 1. The fourth-order valence-electron chi connectivity index (χ4n) is 6.70. The number of para-hydroxylation sites is 1. The fourth-order valence-corrected chi connectivity index (χ4v) is 7.72. The number of fused-ring (bicyclic) bond motifs is 4. The lowest BCUT2D eigenvalue weighted by atomic mass is 9.81. The number of likely N-dealkylation sites (N-methyl/N-ethyl adjacent to an activating group) is 2. The van der Waals surface area contributed by atoms with Crippen LogP contribution in [0.1, 0.15) is 60.4 Å². The Morgan fingerprint density at radius 1 is 0.950 bits per heavy atom. The first-order chi connectivity index (χ1) is 19.3. The van der Waals surface area contributed by atoms with Crippen LogP contribution in [0.5, 0.6) is 5.75 Å². The molecule has 1 N–H and O–H groups in total. The number of hydrogen-bond donors (Lipinski definition) is 1. The standard InChI is InChI=1S/C31H40N4O4S/c1-33-15-8-18-40(37,38)32-31(36)23-13-14-25-27(19-23)35-20-24(34(2)17-16-33)21-39-28-12-7-6-11-26(28)30(35)29(25)22-9-4-3-5-10-22/h6-7,11-14,19,22,24H,3-5,8-10,15-18,20-21H2,1-2H3,(H,32,36)/t24-/m1/s1. The number of nitrogens with zero attached hydrogens (tertiary/aromatic N) is 3. The number of carbonyl (C=O) groups excluding carboxylic acids is 1. The maximum absolute atomic E-state index is 13.2. The van der Waals surface area contributed by atoms with Gasteiger partial charge in [-0.1, -0.05) is 37.5 Å². The molecule has 2 aliphatic heterocycles. The summed E-state index contributed by atoms with van der Waals surface area (Å²) in [5, 5.41) is 1.15. The van der Waals surface area contributed by atoms with Crippen molar-refractivity contribution in [3.63, 3.8) is 0 Å². The second kappa shape index (κ2) is 11.2. The summed E-state index contributed by atoms with van der Waals surface area (Å²) < 4.78 is 36.8. The first-order valence-corrected chi connectivity index (χ1v) is 16.3. The Bertz CT molecular complexity index is 1510. The van der Waals surface area contributed by atoms with Gasteiger partial charge in [-0.3, -0.25) is 9.69 Å². The van der Waals surface area contributed by atoms with E-state index in [1.165, 1.54) is 30.5 Å². The summed E-state index contributed by atoms with van der Waals surface area (Å²) in [7, 11) is 0.430. The monoisotopic (exact) mass is 564 g/mol. The summed E-state index contributed by atoms with van der Waals surface area (Å²) >= 11 is 0. The highest BCUT2D eigenvalue weighted by molar-refractivity contribution is 7.90. The maximum atomic E-state index is 13.2. The van der Waals surface area contributed by atoms with Crippen LogP contribution in [0.4, 0.5) is 0 Å². The Balaban J connectivity index is 1.57. The molecular weight excluding hydrogens is 524 g/mol. The second-order valence-corrected chi connectivity index (χ2v) is 13.6. The number of nitrogens with one attached hydrogen (secondary N) is 1. The van der Waals surface area contributed by atoms with E-state index in [9.17, 15) is 13.2 Å². The van der Waals surface area contributed by atoms with Gasteiger partial charge in [0.05, 0.1) is 17.5 Å². The van der Waals surface area contributed by atoms with Crippen LogP contribution in [0.2, 0.25) is 0 Å². The van der Waals surface area contributed by atoms with Gasteiger partial charge >= 0.3 is 0 Å². The number of rotatable bonds is 1. The second-order valence-electron chi connectivity index (χ2n) is 11.8. The average molecular weight is 565 g/mol. The van der Waals surface area contributed by atoms with E-state index in [1.54, 1.807) is 6.07 Å². The molecule has 3 heterocycles. The smallest absolute Gasteiger partial charge is 0.264 e. The zero-order valence-electron chi connectivity index (χ0n) is 23.6. The summed E-state index contributed by atoms with van der Waals surface area (Å²) in [6, 6.07) is 14.2. The number of ether oxygens (including phenoxy) is 1. The van der Waals surface area contributed by atoms with E-state index in [-0.39, 0.29) is 11.8 Å². The van der Waals surface area contributed by atoms with Crippen LogP contribution >= 0.6 is 0 Å². The van der Waals surface area contributed by atoms with Crippen molar-refractivity contribution in [2.24, 2.45) is 0 Å². The molecule has 214 valence electrons. The molecule has 0 saturated heterocycles. The van der Waals surface area contributed by atoms with E-state index in [1.807, 2.05) is 25.2 Å². The molecule has 1 aromatic heterocycles. The van der Waals surface area contributed by atoms with Gasteiger partial charge in [0.25, 0.3) is 5.91 Å². The first kappa shape index (κ1) is 27.3. The molecule has 9 heteroatoms. The molecule has 0 radical (unpaired) electrons. The lowest BCUT2D eigenvalue weighted by Crippen LogP contribution is -2.44. The number of carbonyl (C=O) groups is 1. The summed E-state index contributed by atoms with van der Waals surface area (Å²) in [6.07, 6.45) is 6.45. The molecule has 1 saturated carbocycles. The number of sulfonamides is 1. The largest absolute Gasteiger partial charge is 0.491 e. The van der Waals surface area contributed by atoms with Crippen LogP contribution in [0.3, 0.4) is 0 Å². The van der Waals surface area contributed by atoms with E-state index in [0.29, 0.717) is 31.1 Å². The van der Waals surface area contributed by atoms with Crippen LogP contribution in [0, 0.1) is 0 Å². The van der Waals surface area contributed by atoms with Gasteiger partial charge in [-0.25, -0.2) is 13.1 Å². The highest BCUT2D eigenvalue weighted by Crippen LogP contribution is 2.47. The van der Waals surface area contributed by atoms with Gasteiger partial charge in [0.15, 0.2) is 0 Å². The fraction of sp³-hybridized carbons (Fsp3) is 0.516. The van der Waals surface area contributed by atoms with Crippen molar-refractivity contribution in [1.29, 1.82) is 0 Å². The molecule has 1 amide bonds. The quantitative estimate of drug-likeness (QED) is 0.471. The summed E-state index contributed by atoms with van der Waals surface area (Å²) in [5.74, 6) is 0.664. The predicted octanol–water partition coefficient (Wildman–Crippen LogP) is 4.44. The molecule has 40 heavy (non-hydrogen) atoms. The van der Waals surface area contributed by atoms with Gasteiger partial charge in [0.2, 0.25) is 10.0 Å². The molecular formula is C31H40N4O4S. The Morgan fingerprint density at radius 3 is 2.58 bits per heavy atom.